The molecule has 1 aliphatic rings. The maximum atomic E-state index is 12.8. The Morgan fingerprint density at radius 1 is 1.18 bits per heavy atom. The molecule has 0 aliphatic heterocycles. The first-order chi connectivity index (χ1) is 10.8. The monoisotopic (exact) mass is 298 g/mol. The first-order valence-electron chi connectivity index (χ1n) is 8.06. The topological polar surface area (TPSA) is 51.0 Å². The van der Waals surface area contributed by atoms with Gasteiger partial charge in [0, 0.05) is 24.3 Å². The van der Waals surface area contributed by atoms with E-state index in [1.807, 2.05) is 35.2 Å². The lowest BCUT2D eigenvalue weighted by Crippen LogP contribution is -2.42. The fourth-order valence-electron chi connectivity index (χ4n) is 3.17. The summed E-state index contributed by atoms with van der Waals surface area (Å²) in [5.41, 5.74) is 1.01. The second-order valence-electron chi connectivity index (χ2n) is 5.81. The molecule has 0 saturated heterocycles. The maximum absolute atomic E-state index is 12.8. The molecule has 0 unspecified atom stereocenters. The van der Waals surface area contributed by atoms with Crippen molar-refractivity contribution in [1.82, 2.24) is 15.0 Å². The molecule has 2 aromatic rings. The lowest BCUT2D eigenvalue weighted by atomic mass is 9.93. The van der Waals surface area contributed by atoms with Crippen LogP contribution in [0.4, 0.5) is 5.69 Å². The molecule has 1 aromatic heterocycles. The third kappa shape index (κ3) is 3.53. The highest BCUT2D eigenvalue weighted by Gasteiger charge is 2.26. The van der Waals surface area contributed by atoms with Gasteiger partial charge in [-0.05, 0) is 25.0 Å². The van der Waals surface area contributed by atoms with E-state index in [0.29, 0.717) is 19.0 Å². The van der Waals surface area contributed by atoms with E-state index in [-0.39, 0.29) is 5.91 Å². The number of amides is 1. The summed E-state index contributed by atoms with van der Waals surface area (Å²) in [5.74, 6) is 0.175. The average molecular weight is 298 g/mol. The minimum atomic E-state index is 0.175. The van der Waals surface area contributed by atoms with Crippen LogP contribution in [0.15, 0.2) is 42.7 Å². The number of carbonyl (C=O) groups excluding carboxylic acids is 1. The Labute approximate surface area is 130 Å². The number of aromatic nitrogens is 3. The lowest BCUT2D eigenvalue weighted by molar-refractivity contribution is -0.119. The van der Waals surface area contributed by atoms with Crippen LogP contribution < -0.4 is 4.90 Å². The molecule has 1 aliphatic carbocycles. The molecule has 5 nitrogen and oxygen atoms in total. The fraction of sp³-hybridized carbons (Fsp3) is 0.471. The predicted octanol–water partition coefficient (Wildman–Crippen LogP) is 3.03. The summed E-state index contributed by atoms with van der Waals surface area (Å²) in [4.78, 5) is 14.8. The van der Waals surface area contributed by atoms with Crippen molar-refractivity contribution in [2.75, 3.05) is 4.90 Å². The van der Waals surface area contributed by atoms with Crippen molar-refractivity contribution in [3.05, 3.63) is 42.7 Å². The molecule has 3 rings (SSSR count). The van der Waals surface area contributed by atoms with Crippen LogP contribution >= 0.6 is 0 Å². The Morgan fingerprint density at radius 2 is 1.95 bits per heavy atom. The van der Waals surface area contributed by atoms with Crippen LogP contribution in [0.1, 0.15) is 38.5 Å². The molecule has 116 valence electrons. The normalized spacial score (nSPS) is 15.6. The molecule has 1 amide bonds. The molecular weight excluding hydrogens is 276 g/mol. The minimum Gasteiger partial charge on any atom is -0.309 e. The summed E-state index contributed by atoms with van der Waals surface area (Å²) < 4.78 is 1.71. The largest absolute Gasteiger partial charge is 0.309 e. The summed E-state index contributed by atoms with van der Waals surface area (Å²) in [5, 5.41) is 7.71. The first-order valence-corrected chi connectivity index (χ1v) is 8.06. The third-order valence-electron chi connectivity index (χ3n) is 4.27. The molecule has 1 aromatic carbocycles. The molecule has 5 heteroatoms. The molecular formula is C17H22N4O. The van der Waals surface area contributed by atoms with Crippen LogP contribution in [0.25, 0.3) is 0 Å². The highest BCUT2D eigenvalue weighted by Crippen LogP contribution is 2.28. The van der Waals surface area contributed by atoms with Crippen LogP contribution in [0.5, 0.6) is 0 Å². The maximum Gasteiger partial charge on any atom is 0.229 e. The number of hydrogen-bond donors (Lipinski definition) is 0. The van der Waals surface area contributed by atoms with E-state index >= 15 is 0 Å². The van der Waals surface area contributed by atoms with E-state index in [1.54, 1.807) is 17.1 Å². The van der Waals surface area contributed by atoms with E-state index in [2.05, 4.69) is 10.3 Å². The van der Waals surface area contributed by atoms with Gasteiger partial charge in [-0.2, -0.15) is 0 Å². The second-order valence-corrected chi connectivity index (χ2v) is 5.81. The van der Waals surface area contributed by atoms with Crippen molar-refractivity contribution < 1.29 is 4.79 Å². The Hall–Kier alpha value is -2.17. The van der Waals surface area contributed by atoms with Gasteiger partial charge in [0.05, 0.1) is 12.7 Å². The zero-order valence-electron chi connectivity index (χ0n) is 12.8. The van der Waals surface area contributed by atoms with E-state index in [4.69, 9.17) is 0 Å². The number of nitrogens with zero attached hydrogens (tertiary/aromatic N) is 4. The standard InChI is InChI=1S/C17H22N4O/c22-17(11-13-20-14-12-18-19-20)21(15-7-3-1-4-8-15)16-9-5-2-6-10-16/h1,3-4,7-8,12,14,16H,2,5-6,9-11,13H2. The van der Waals surface area contributed by atoms with Crippen molar-refractivity contribution in [3.8, 4) is 0 Å². The van der Waals surface area contributed by atoms with Gasteiger partial charge < -0.3 is 4.90 Å². The SMILES string of the molecule is O=C(CCn1ccnn1)N(c1ccccc1)C1CCCCC1. The number of aryl methyl sites for hydroxylation is 1. The Kier molecular flexibility index (Phi) is 4.83. The molecule has 0 spiro atoms. The Bertz CT molecular complexity index is 576. The number of benzene rings is 1. The van der Waals surface area contributed by atoms with Gasteiger partial charge in [-0.3, -0.25) is 9.48 Å². The van der Waals surface area contributed by atoms with Crippen LogP contribution in [0.3, 0.4) is 0 Å². The highest BCUT2D eigenvalue weighted by molar-refractivity contribution is 5.93. The quantitative estimate of drug-likeness (QED) is 0.852. The van der Waals surface area contributed by atoms with Crippen LogP contribution in [-0.2, 0) is 11.3 Å². The summed E-state index contributed by atoms with van der Waals surface area (Å²) in [7, 11) is 0. The zero-order valence-corrected chi connectivity index (χ0v) is 12.8. The van der Waals surface area contributed by atoms with Crippen LogP contribution in [0, 0.1) is 0 Å². The van der Waals surface area contributed by atoms with Gasteiger partial charge in [0.15, 0.2) is 0 Å². The van der Waals surface area contributed by atoms with E-state index < -0.39 is 0 Å². The van der Waals surface area contributed by atoms with Gasteiger partial charge in [-0.1, -0.05) is 42.7 Å². The number of para-hydroxylation sites is 1. The van der Waals surface area contributed by atoms with Gasteiger partial charge in [0.1, 0.15) is 0 Å². The summed E-state index contributed by atoms with van der Waals surface area (Å²) in [6.07, 6.45) is 9.80. The average Bonchev–Trinajstić information content (AvgIpc) is 3.09. The van der Waals surface area contributed by atoms with E-state index in [1.165, 1.54) is 19.3 Å². The molecule has 0 radical (unpaired) electrons. The predicted molar refractivity (Wildman–Crippen MR) is 85.4 cm³/mol. The number of anilines is 1. The number of carbonyl (C=O) groups is 1. The zero-order chi connectivity index (χ0) is 15.2. The third-order valence-corrected chi connectivity index (χ3v) is 4.27. The minimum absolute atomic E-state index is 0.175. The molecule has 1 heterocycles. The summed E-state index contributed by atoms with van der Waals surface area (Å²) in [6.45, 7) is 0.578. The van der Waals surface area contributed by atoms with Crippen LogP contribution in [-0.4, -0.2) is 26.9 Å². The first kappa shape index (κ1) is 14.8. The highest BCUT2D eigenvalue weighted by atomic mass is 16.2. The molecule has 0 atom stereocenters. The van der Waals surface area contributed by atoms with Crippen molar-refractivity contribution in [2.45, 2.75) is 51.1 Å². The summed E-state index contributed by atoms with van der Waals surface area (Å²) >= 11 is 0. The molecule has 1 fully saturated rings. The molecule has 1 saturated carbocycles. The van der Waals surface area contributed by atoms with Gasteiger partial charge >= 0.3 is 0 Å². The van der Waals surface area contributed by atoms with Crippen molar-refractivity contribution in [1.29, 1.82) is 0 Å². The van der Waals surface area contributed by atoms with Gasteiger partial charge in [0.25, 0.3) is 0 Å². The van der Waals surface area contributed by atoms with Gasteiger partial charge in [-0.25, -0.2) is 0 Å². The van der Waals surface area contributed by atoms with Gasteiger partial charge in [-0.15, -0.1) is 5.10 Å². The number of hydrogen-bond acceptors (Lipinski definition) is 3. The second kappa shape index (κ2) is 7.20. The molecule has 22 heavy (non-hydrogen) atoms. The van der Waals surface area contributed by atoms with E-state index in [9.17, 15) is 4.79 Å². The Morgan fingerprint density at radius 3 is 2.64 bits per heavy atom. The lowest BCUT2D eigenvalue weighted by Gasteiger charge is -2.34. The van der Waals surface area contributed by atoms with Gasteiger partial charge in [0.2, 0.25) is 5.91 Å². The smallest absolute Gasteiger partial charge is 0.229 e. The molecule has 0 bridgehead atoms. The van der Waals surface area contributed by atoms with E-state index in [0.717, 1.165) is 18.5 Å². The fourth-order valence-corrected chi connectivity index (χ4v) is 3.17. The molecule has 0 N–H and O–H groups in total. The van der Waals surface area contributed by atoms with Crippen LogP contribution in [0.2, 0.25) is 0 Å². The summed E-state index contributed by atoms with van der Waals surface area (Å²) in [6, 6.07) is 10.4. The van der Waals surface area contributed by atoms with Crippen molar-refractivity contribution >= 4 is 11.6 Å². The number of rotatable bonds is 5. The Balaban J connectivity index is 1.73. The van der Waals surface area contributed by atoms with Crippen molar-refractivity contribution in [3.63, 3.8) is 0 Å². The van der Waals surface area contributed by atoms with Crippen molar-refractivity contribution in [2.24, 2.45) is 0 Å².